The lowest BCUT2D eigenvalue weighted by Gasteiger charge is -2.25. The predicted molar refractivity (Wildman–Crippen MR) is 84.7 cm³/mol. The quantitative estimate of drug-likeness (QED) is 0.927. The summed E-state index contributed by atoms with van der Waals surface area (Å²) in [6.45, 7) is 3.75. The van der Waals surface area contributed by atoms with Crippen molar-refractivity contribution in [3.63, 3.8) is 0 Å². The highest BCUT2D eigenvalue weighted by atomic mass is 35.5. The van der Waals surface area contributed by atoms with Crippen LogP contribution >= 0.6 is 11.6 Å². The van der Waals surface area contributed by atoms with Gasteiger partial charge in [-0.15, -0.1) is 0 Å². The van der Waals surface area contributed by atoms with Gasteiger partial charge in [0.25, 0.3) is 0 Å². The first kappa shape index (κ1) is 15.3. The summed E-state index contributed by atoms with van der Waals surface area (Å²) in [5.74, 6) is 0.529. The topological polar surface area (TPSA) is 34.1 Å². The molecule has 0 saturated carbocycles. The molecule has 1 aliphatic rings. The Kier molecular flexibility index (Phi) is 4.60. The maximum absolute atomic E-state index is 13.5. The Balaban J connectivity index is 1.91. The van der Waals surface area contributed by atoms with Crippen molar-refractivity contribution in [2.24, 2.45) is 5.92 Å². The standard InChI is InChI=1S/C17H18ClFN2O/c1-11-2-3-16(15(18)6-11)22-17(12-4-5-20-8-12)13-7-14(19)10-21-9-13/h2-3,6-7,9-10,12,17,20H,4-5,8H2,1H3/t12-,17?/m0/s1. The zero-order valence-electron chi connectivity index (χ0n) is 12.4. The number of benzene rings is 1. The third kappa shape index (κ3) is 3.39. The van der Waals surface area contributed by atoms with Gasteiger partial charge in [0.05, 0.1) is 11.2 Å². The van der Waals surface area contributed by atoms with Gasteiger partial charge in [-0.3, -0.25) is 4.98 Å². The lowest BCUT2D eigenvalue weighted by Crippen LogP contribution is -2.22. The monoisotopic (exact) mass is 320 g/mol. The third-order valence-electron chi connectivity index (χ3n) is 3.92. The summed E-state index contributed by atoms with van der Waals surface area (Å²) in [5.41, 5.74) is 1.81. The molecule has 1 N–H and O–H groups in total. The fraction of sp³-hybridized carbons (Fsp3) is 0.353. The number of nitrogens with one attached hydrogen (secondary N) is 1. The fourth-order valence-corrected chi connectivity index (χ4v) is 3.07. The van der Waals surface area contributed by atoms with Crippen molar-refractivity contribution in [2.45, 2.75) is 19.4 Å². The van der Waals surface area contributed by atoms with Crippen LogP contribution in [0.2, 0.25) is 5.02 Å². The van der Waals surface area contributed by atoms with Crippen LogP contribution in [0.1, 0.15) is 23.7 Å². The highest BCUT2D eigenvalue weighted by Gasteiger charge is 2.29. The molecule has 3 nitrogen and oxygen atoms in total. The molecule has 1 aliphatic heterocycles. The molecular weight excluding hydrogens is 303 g/mol. The van der Waals surface area contributed by atoms with Gasteiger partial charge in [-0.25, -0.2) is 4.39 Å². The average molecular weight is 321 g/mol. The Hall–Kier alpha value is -1.65. The first-order valence-electron chi connectivity index (χ1n) is 7.37. The molecular formula is C17H18ClFN2O. The lowest BCUT2D eigenvalue weighted by molar-refractivity contribution is 0.144. The van der Waals surface area contributed by atoms with Crippen molar-refractivity contribution in [3.05, 3.63) is 58.6 Å². The number of aromatic nitrogens is 1. The van der Waals surface area contributed by atoms with E-state index in [-0.39, 0.29) is 17.8 Å². The van der Waals surface area contributed by atoms with E-state index in [4.69, 9.17) is 16.3 Å². The first-order chi connectivity index (χ1) is 10.6. The molecule has 0 radical (unpaired) electrons. The van der Waals surface area contributed by atoms with Gasteiger partial charge in [0.15, 0.2) is 0 Å². The summed E-state index contributed by atoms with van der Waals surface area (Å²) in [6.07, 6.45) is 3.57. The van der Waals surface area contributed by atoms with Gasteiger partial charge in [0.2, 0.25) is 0 Å². The zero-order valence-corrected chi connectivity index (χ0v) is 13.1. The second-order valence-corrected chi connectivity index (χ2v) is 6.07. The van der Waals surface area contributed by atoms with Gasteiger partial charge < -0.3 is 10.1 Å². The van der Waals surface area contributed by atoms with E-state index in [2.05, 4.69) is 10.3 Å². The van der Waals surface area contributed by atoms with E-state index in [1.807, 2.05) is 25.1 Å². The molecule has 1 aromatic carbocycles. The molecule has 2 aromatic rings. The highest BCUT2D eigenvalue weighted by Crippen LogP contribution is 2.35. The first-order valence-corrected chi connectivity index (χ1v) is 7.75. The number of hydrogen-bond acceptors (Lipinski definition) is 3. The van der Waals surface area contributed by atoms with Crippen molar-refractivity contribution < 1.29 is 9.13 Å². The number of ether oxygens (including phenoxy) is 1. The molecule has 1 fully saturated rings. The van der Waals surface area contributed by atoms with Crippen LogP contribution in [0, 0.1) is 18.7 Å². The minimum atomic E-state index is -0.355. The summed E-state index contributed by atoms with van der Waals surface area (Å²) in [4.78, 5) is 3.95. The van der Waals surface area contributed by atoms with E-state index in [9.17, 15) is 4.39 Å². The Morgan fingerprint density at radius 1 is 1.36 bits per heavy atom. The van der Waals surface area contributed by atoms with Gasteiger partial charge in [-0.05, 0) is 43.7 Å². The molecule has 0 aliphatic carbocycles. The van der Waals surface area contributed by atoms with Gasteiger partial charge in [0, 0.05) is 24.2 Å². The molecule has 1 unspecified atom stereocenters. The Morgan fingerprint density at radius 2 is 2.23 bits per heavy atom. The van der Waals surface area contributed by atoms with Gasteiger partial charge in [0.1, 0.15) is 17.7 Å². The lowest BCUT2D eigenvalue weighted by atomic mass is 9.96. The van der Waals surface area contributed by atoms with E-state index in [0.29, 0.717) is 10.8 Å². The van der Waals surface area contributed by atoms with Crippen LogP contribution in [0.25, 0.3) is 0 Å². The summed E-state index contributed by atoms with van der Waals surface area (Å²) in [7, 11) is 0. The molecule has 0 bridgehead atoms. The van der Waals surface area contributed by atoms with Crippen LogP contribution in [-0.4, -0.2) is 18.1 Å². The normalized spacial score (nSPS) is 19.1. The van der Waals surface area contributed by atoms with Crippen molar-refractivity contribution in [2.75, 3.05) is 13.1 Å². The average Bonchev–Trinajstić information content (AvgIpc) is 3.00. The van der Waals surface area contributed by atoms with E-state index in [1.165, 1.54) is 12.3 Å². The van der Waals surface area contributed by atoms with Crippen molar-refractivity contribution in [1.29, 1.82) is 0 Å². The van der Waals surface area contributed by atoms with Crippen molar-refractivity contribution >= 4 is 11.6 Å². The number of aryl methyl sites for hydroxylation is 1. The Morgan fingerprint density at radius 3 is 2.91 bits per heavy atom. The van der Waals surface area contributed by atoms with E-state index >= 15 is 0 Å². The molecule has 2 heterocycles. The SMILES string of the molecule is Cc1ccc(OC(c2cncc(F)c2)[C@H]2CCNC2)c(Cl)c1. The third-order valence-corrected chi connectivity index (χ3v) is 4.22. The van der Waals surface area contributed by atoms with Crippen LogP contribution in [-0.2, 0) is 0 Å². The minimum Gasteiger partial charge on any atom is -0.484 e. The number of nitrogens with zero attached hydrogens (tertiary/aromatic N) is 1. The smallest absolute Gasteiger partial charge is 0.141 e. The van der Waals surface area contributed by atoms with Crippen LogP contribution in [0.4, 0.5) is 4.39 Å². The Bertz CT molecular complexity index is 659. The second kappa shape index (κ2) is 6.63. The molecule has 116 valence electrons. The van der Waals surface area contributed by atoms with Crippen LogP contribution in [0.3, 0.4) is 0 Å². The van der Waals surface area contributed by atoms with E-state index < -0.39 is 0 Å². The summed E-state index contributed by atoms with van der Waals surface area (Å²) in [6, 6.07) is 7.16. The molecule has 22 heavy (non-hydrogen) atoms. The largest absolute Gasteiger partial charge is 0.484 e. The number of hydrogen-bond donors (Lipinski definition) is 1. The van der Waals surface area contributed by atoms with E-state index in [0.717, 1.165) is 30.6 Å². The van der Waals surface area contributed by atoms with Gasteiger partial charge in [-0.1, -0.05) is 17.7 Å². The molecule has 1 saturated heterocycles. The second-order valence-electron chi connectivity index (χ2n) is 5.66. The van der Waals surface area contributed by atoms with Crippen LogP contribution in [0.5, 0.6) is 5.75 Å². The molecule has 0 amide bonds. The summed E-state index contributed by atoms with van der Waals surface area (Å²) in [5, 5.41) is 3.89. The molecule has 2 atom stereocenters. The van der Waals surface area contributed by atoms with Crippen molar-refractivity contribution in [1.82, 2.24) is 10.3 Å². The predicted octanol–water partition coefficient (Wildman–Crippen LogP) is 3.91. The number of pyridine rings is 1. The van der Waals surface area contributed by atoms with Crippen LogP contribution < -0.4 is 10.1 Å². The number of rotatable bonds is 4. The fourth-order valence-electron chi connectivity index (χ4n) is 2.79. The maximum atomic E-state index is 13.5. The maximum Gasteiger partial charge on any atom is 0.141 e. The molecule has 3 rings (SSSR count). The van der Waals surface area contributed by atoms with Gasteiger partial charge in [-0.2, -0.15) is 0 Å². The van der Waals surface area contributed by atoms with E-state index in [1.54, 1.807) is 6.20 Å². The molecule has 5 heteroatoms. The number of halogens is 2. The molecule has 1 aromatic heterocycles. The zero-order chi connectivity index (χ0) is 15.5. The summed E-state index contributed by atoms with van der Waals surface area (Å²) < 4.78 is 19.7. The summed E-state index contributed by atoms with van der Waals surface area (Å²) >= 11 is 6.27. The van der Waals surface area contributed by atoms with Crippen molar-refractivity contribution in [3.8, 4) is 5.75 Å². The molecule has 0 spiro atoms. The van der Waals surface area contributed by atoms with Gasteiger partial charge >= 0.3 is 0 Å². The van der Waals surface area contributed by atoms with Crippen LogP contribution in [0.15, 0.2) is 36.7 Å². The minimum absolute atomic E-state index is 0.265. The Labute approximate surface area is 134 Å². The highest BCUT2D eigenvalue weighted by molar-refractivity contribution is 6.32.